The van der Waals surface area contributed by atoms with Crippen molar-refractivity contribution in [1.29, 1.82) is 5.26 Å². The predicted molar refractivity (Wildman–Crippen MR) is 107 cm³/mol. The van der Waals surface area contributed by atoms with E-state index in [0.29, 0.717) is 11.3 Å². The van der Waals surface area contributed by atoms with Crippen molar-refractivity contribution in [1.82, 2.24) is 4.98 Å². The number of hydrogen-bond donors (Lipinski definition) is 0. The Labute approximate surface area is 157 Å². The highest BCUT2D eigenvalue weighted by Gasteiger charge is 2.34. The standard InChI is InChI=1S/C22H18N4O/c1-13-10-17-16-7-5-9-24-22(16)27-20(17)11-19(13)26-14(2)25(3)21-15(12-23)6-4-8-18(21)26/h4-11,14H,1-3H3/t14-/m0/s1. The maximum absolute atomic E-state index is 9.52. The van der Waals surface area contributed by atoms with Gasteiger partial charge in [-0.05, 0) is 49.7 Å². The number of hydrogen-bond acceptors (Lipinski definition) is 5. The average Bonchev–Trinajstić information content (AvgIpc) is 3.16. The molecule has 0 amide bonds. The summed E-state index contributed by atoms with van der Waals surface area (Å²) in [7, 11) is 2.03. The van der Waals surface area contributed by atoms with Gasteiger partial charge in [0.2, 0.25) is 5.71 Å². The van der Waals surface area contributed by atoms with E-state index in [4.69, 9.17) is 4.42 Å². The zero-order chi connectivity index (χ0) is 18.7. The van der Waals surface area contributed by atoms with E-state index in [1.165, 1.54) is 0 Å². The van der Waals surface area contributed by atoms with Crippen LogP contribution in [0.3, 0.4) is 0 Å². The Bertz CT molecular complexity index is 1250. The lowest BCUT2D eigenvalue weighted by Crippen LogP contribution is -2.36. The molecular weight excluding hydrogens is 336 g/mol. The van der Waals surface area contributed by atoms with Gasteiger partial charge in [-0.1, -0.05) is 6.07 Å². The largest absolute Gasteiger partial charge is 0.438 e. The Morgan fingerprint density at radius 1 is 1.11 bits per heavy atom. The zero-order valence-corrected chi connectivity index (χ0v) is 15.4. The number of nitrogens with zero attached hydrogens (tertiary/aromatic N) is 4. The fourth-order valence-corrected chi connectivity index (χ4v) is 4.09. The van der Waals surface area contributed by atoms with Crippen LogP contribution in [0.5, 0.6) is 0 Å². The van der Waals surface area contributed by atoms with Crippen LogP contribution in [0.1, 0.15) is 18.1 Å². The molecule has 0 unspecified atom stereocenters. The lowest BCUT2D eigenvalue weighted by atomic mass is 10.1. The molecule has 0 saturated carbocycles. The van der Waals surface area contributed by atoms with Gasteiger partial charge in [-0.15, -0.1) is 0 Å². The molecule has 0 saturated heterocycles. The van der Waals surface area contributed by atoms with Crippen molar-refractivity contribution in [2.45, 2.75) is 20.0 Å². The molecule has 0 radical (unpaired) electrons. The van der Waals surface area contributed by atoms with Crippen LogP contribution in [-0.2, 0) is 0 Å². The van der Waals surface area contributed by atoms with E-state index in [1.54, 1.807) is 6.20 Å². The molecule has 1 atom stereocenters. The summed E-state index contributed by atoms with van der Waals surface area (Å²) in [5.74, 6) is 0. The quantitative estimate of drug-likeness (QED) is 0.476. The van der Waals surface area contributed by atoms with Gasteiger partial charge in [-0.2, -0.15) is 5.26 Å². The first kappa shape index (κ1) is 15.7. The van der Waals surface area contributed by atoms with E-state index >= 15 is 0 Å². The van der Waals surface area contributed by atoms with Gasteiger partial charge < -0.3 is 14.2 Å². The van der Waals surface area contributed by atoms with Gasteiger partial charge >= 0.3 is 0 Å². The van der Waals surface area contributed by atoms with Crippen molar-refractivity contribution >= 4 is 39.1 Å². The van der Waals surface area contributed by atoms with Crippen LogP contribution in [0.15, 0.2) is 53.1 Å². The van der Waals surface area contributed by atoms with Crippen molar-refractivity contribution in [2.24, 2.45) is 0 Å². The van der Waals surface area contributed by atoms with Gasteiger partial charge in [-0.25, -0.2) is 4.98 Å². The Balaban J connectivity index is 1.76. The number of rotatable bonds is 1. The molecule has 1 aliphatic heterocycles. The second-order valence-corrected chi connectivity index (χ2v) is 6.99. The van der Waals surface area contributed by atoms with E-state index in [-0.39, 0.29) is 6.17 Å². The van der Waals surface area contributed by atoms with Crippen molar-refractivity contribution < 1.29 is 4.42 Å². The number of aromatic nitrogens is 1. The van der Waals surface area contributed by atoms with Crippen molar-refractivity contribution in [3.05, 3.63) is 59.8 Å². The minimum absolute atomic E-state index is 0.0909. The number of furan rings is 1. The van der Waals surface area contributed by atoms with E-state index < -0.39 is 0 Å². The first-order valence-electron chi connectivity index (χ1n) is 8.93. The summed E-state index contributed by atoms with van der Waals surface area (Å²) >= 11 is 0. The van der Waals surface area contributed by atoms with E-state index in [1.807, 2.05) is 31.3 Å². The molecule has 0 spiro atoms. The smallest absolute Gasteiger partial charge is 0.227 e. The molecule has 5 heteroatoms. The summed E-state index contributed by atoms with van der Waals surface area (Å²) in [5.41, 5.74) is 6.42. The van der Waals surface area contributed by atoms with E-state index in [2.05, 4.69) is 52.9 Å². The summed E-state index contributed by atoms with van der Waals surface area (Å²) in [6.45, 7) is 4.26. The SMILES string of the molecule is Cc1cc2c(cc1N1c3cccc(C#N)c3N(C)[C@@H]1C)oc1ncccc12. The highest BCUT2D eigenvalue weighted by Crippen LogP contribution is 2.47. The Morgan fingerprint density at radius 2 is 1.96 bits per heavy atom. The van der Waals surface area contributed by atoms with Gasteiger partial charge in [0, 0.05) is 35.8 Å². The lowest BCUT2D eigenvalue weighted by Gasteiger charge is -2.29. The fourth-order valence-electron chi connectivity index (χ4n) is 4.09. The van der Waals surface area contributed by atoms with Gasteiger partial charge in [0.25, 0.3) is 0 Å². The Kier molecular flexibility index (Phi) is 3.19. The Morgan fingerprint density at radius 3 is 2.78 bits per heavy atom. The molecular formula is C22H18N4O. The summed E-state index contributed by atoms with van der Waals surface area (Å²) in [4.78, 5) is 8.76. The number of fused-ring (bicyclic) bond motifs is 4. The number of pyridine rings is 1. The summed E-state index contributed by atoms with van der Waals surface area (Å²) in [6.07, 6.45) is 1.84. The number of nitriles is 1. The highest BCUT2D eigenvalue weighted by atomic mass is 16.3. The average molecular weight is 354 g/mol. The summed E-state index contributed by atoms with van der Waals surface area (Å²) < 4.78 is 6.00. The van der Waals surface area contributed by atoms with Crippen LogP contribution in [0.2, 0.25) is 0 Å². The molecule has 2 aromatic heterocycles. The molecule has 0 N–H and O–H groups in total. The van der Waals surface area contributed by atoms with E-state index in [0.717, 1.165) is 39.0 Å². The molecule has 0 aliphatic carbocycles. The number of aryl methyl sites for hydroxylation is 1. The minimum Gasteiger partial charge on any atom is -0.438 e. The first-order chi connectivity index (χ1) is 13.1. The van der Waals surface area contributed by atoms with Crippen LogP contribution in [0, 0.1) is 18.3 Å². The number of benzene rings is 2. The molecule has 1 aliphatic rings. The molecule has 0 fully saturated rings. The van der Waals surface area contributed by atoms with Gasteiger partial charge in [0.1, 0.15) is 17.8 Å². The van der Waals surface area contributed by atoms with Gasteiger partial charge in [-0.3, -0.25) is 0 Å². The van der Waals surface area contributed by atoms with Crippen LogP contribution < -0.4 is 9.80 Å². The third-order valence-corrected chi connectivity index (χ3v) is 5.51. The maximum Gasteiger partial charge on any atom is 0.227 e. The van der Waals surface area contributed by atoms with Gasteiger partial charge in [0.15, 0.2) is 0 Å². The monoisotopic (exact) mass is 354 g/mol. The first-order valence-corrected chi connectivity index (χ1v) is 8.93. The van der Waals surface area contributed by atoms with Crippen LogP contribution in [0.25, 0.3) is 22.1 Å². The molecule has 3 heterocycles. The summed E-state index contributed by atoms with van der Waals surface area (Å²) in [5, 5.41) is 11.6. The number of para-hydroxylation sites is 1. The zero-order valence-electron chi connectivity index (χ0n) is 15.4. The molecule has 5 nitrogen and oxygen atoms in total. The van der Waals surface area contributed by atoms with Crippen molar-refractivity contribution in [3.8, 4) is 6.07 Å². The molecule has 132 valence electrons. The third kappa shape index (κ3) is 2.07. The van der Waals surface area contributed by atoms with Crippen LogP contribution in [-0.4, -0.2) is 18.2 Å². The Hall–Kier alpha value is -3.52. The minimum atomic E-state index is 0.0909. The normalized spacial score (nSPS) is 16.1. The maximum atomic E-state index is 9.52. The molecule has 0 bridgehead atoms. The predicted octanol–water partition coefficient (Wildman–Crippen LogP) is 5.10. The summed E-state index contributed by atoms with van der Waals surface area (Å²) in [6, 6.07) is 16.4. The molecule has 4 aromatic rings. The second kappa shape index (κ2) is 5.49. The van der Waals surface area contributed by atoms with Gasteiger partial charge in [0.05, 0.1) is 16.9 Å². The van der Waals surface area contributed by atoms with Crippen molar-refractivity contribution in [2.75, 3.05) is 16.8 Å². The second-order valence-electron chi connectivity index (χ2n) is 6.99. The fraction of sp³-hybridized carbons (Fsp3) is 0.182. The third-order valence-electron chi connectivity index (χ3n) is 5.51. The number of anilines is 3. The highest BCUT2D eigenvalue weighted by molar-refractivity contribution is 6.05. The molecule has 2 aromatic carbocycles. The van der Waals surface area contributed by atoms with Crippen molar-refractivity contribution in [3.63, 3.8) is 0 Å². The van der Waals surface area contributed by atoms with E-state index in [9.17, 15) is 5.26 Å². The molecule has 27 heavy (non-hydrogen) atoms. The topological polar surface area (TPSA) is 56.3 Å². The van der Waals surface area contributed by atoms with Crippen LogP contribution in [0.4, 0.5) is 17.1 Å². The molecule has 5 rings (SSSR count). The lowest BCUT2D eigenvalue weighted by molar-refractivity contribution is 0.653. The van der Waals surface area contributed by atoms with Crippen LogP contribution >= 0.6 is 0 Å².